The zero-order valence-corrected chi connectivity index (χ0v) is 20.1. The number of anilines is 2. The van der Waals surface area contributed by atoms with Crippen molar-refractivity contribution in [2.45, 2.75) is 32.2 Å². The lowest BCUT2D eigenvalue weighted by molar-refractivity contribution is -0.124. The van der Waals surface area contributed by atoms with Crippen LogP contribution in [-0.2, 0) is 22.4 Å². The zero-order valence-electron chi connectivity index (χ0n) is 20.1. The molecule has 5 aromatic rings. The van der Waals surface area contributed by atoms with Crippen molar-refractivity contribution in [1.82, 2.24) is 14.5 Å². The second-order valence-corrected chi connectivity index (χ2v) is 9.19. The molecule has 180 valence electrons. The lowest BCUT2D eigenvalue weighted by Gasteiger charge is -2.16. The van der Waals surface area contributed by atoms with E-state index in [0.29, 0.717) is 18.9 Å². The maximum Gasteiger partial charge on any atom is 0.253 e. The van der Waals surface area contributed by atoms with Crippen LogP contribution in [0.5, 0.6) is 0 Å². The van der Waals surface area contributed by atoms with E-state index < -0.39 is 6.04 Å². The molecule has 7 heteroatoms. The van der Waals surface area contributed by atoms with Crippen LogP contribution in [0.25, 0.3) is 21.9 Å². The zero-order chi connectivity index (χ0) is 24.6. The highest BCUT2D eigenvalue weighted by atomic mass is 16.2. The van der Waals surface area contributed by atoms with Crippen molar-refractivity contribution in [3.63, 3.8) is 0 Å². The summed E-state index contributed by atoms with van der Waals surface area (Å²) in [7, 11) is 0. The van der Waals surface area contributed by atoms with Gasteiger partial charge in [-0.25, -0.2) is 4.98 Å². The molecule has 36 heavy (non-hydrogen) atoms. The molecule has 0 spiro atoms. The van der Waals surface area contributed by atoms with Crippen LogP contribution in [0.4, 0.5) is 11.6 Å². The lowest BCUT2D eigenvalue weighted by Crippen LogP contribution is -2.33. The molecule has 0 bridgehead atoms. The Hall–Kier alpha value is -4.39. The van der Waals surface area contributed by atoms with Crippen LogP contribution in [0.15, 0.2) is 79.0 Å². The molecular weight excluding hydrogens is 450 g/mol. The summed E-state index contributed by atoms with van der Waals surface area (Å²) in [5.41, 5.74) is 5.85. The van der Waals surface area contributed by atoms with Crippen LogP contribution in [0.3, 0.4) is 0 Å². The Kier molecular flexibility index (Phi) is 5.52. The van der Waals surface area contributed by atoms with E-state index in [4.69, 9.17) is 4.98 Å². The Morgan fingerprint density at radius 2 is 1.81 bits per heavy atom. The summed E-state index contributed by atoms with van der Waals surface area (Å²) in [5.74, 6) is 0.311. The molecule has 2 aromatic heterocycles. The summed E-state index contributed by atoms with van der Waals surface area (Å²) in [5, 5.41) is 4.11. The number of aryl methyl sites for hydroxylation is 1. The van der Waals surface area contributed by atoms with Gasteiger partial charge in [-0.3, -0.25) is 19.1 Å². The molecule has 1 aliphatic rings. The number of nitrogens with one attached hydrogen (secondary N) is 2. The lowest BCUT2D eigenvalue weighted by atomic mass is 10.1. The predicted octanol–water partition coefficient (Wildman–Crippen LogP) is 5.24. The second-order valence-electron chi connectivity index (χ2n) is 9.19. The molecule has 2 amide bonds. The van der Waals surface area contributed by atoms with Crippen molar-refractivity contribution < 1.29 is 9.59 Å². The van der Waals surface area contributed by atoms with E-state index in [1.54, 1.807) is 4.90 Å². The number of benzene rings is 3. The highest BCUT2D eigenvalue weighted by Gasteiger charge is 2.40. The van der Waals surface area contributed by atoms with Crippen LogP contribution in [0.2, 0.25) is 0 Å². The molecule has 1 atom stereocenters. The van der Waals surface area contributed by atoms with Crippen molar-refractivity contribution in [1.29, 1.82) is 0 Å². The maximum atomic E-state index is 13.6. The number of nitrogens with zero attached hydrogens (tertiary/aromatic N) is 3. The summed E-state index contributed by atoms with van der Waals surface area (Å²) in [6.45, 7) is 2.58. The van der Waals surface area contributed by atoms with Gasteiger partial charge in [-0.1, -0.05) is 49.4 Å². The number of rotatable bonds is 7. The molecule has 7 nitrogen and oxygen atoms in total. The second kappa shape index (κ2) is 9.00. The molecule has 0 unspecified atom stereocenters. The molecule has 3 heterocycles. The van der Waals surface area contributed by atoms with Crippen LogP contribution >= 0.6 is 0 Å². The van der Waals surface area contributed by atoms with Gasteiger partial charge in [-0.05, 0) is 54.3 Å². The number of fused-ring (bicyclic) bond motifs is 4. The van der Waals surface area contributed by atoms with Crippen LogP contribution < -0.4 is 10.2 Å². The Balaban J connectivity index is 1.27. The average Bonchev–Trinajstić information content (AvgIpc) is 3.56. The van der Waals surface area contributed by atoms with E-state index in [-0.39, 0.29) is 18.2 Å². The van der Waals surface area contributed by atoms with Crippen molar-refractivity contribution in [2.75, 3.05) is 16.8 Å². The first-order valence-electron chi connectivity index (χ1n) is 12.3. The van der Waals surface area contributed by atoms with Gasteiger partial charge in [0, 0.05) is 29.3 Å². The summed E-state index contributed by atoms with van der Waals surface area (Å²) in [4.78, 5) is 36.5. The molecule has 1 aliphatic heterocycles. The molecular formula is C29H27N5O2. The summed E-state index contributed by atoms with van der Waals surface area (Å²) < 4.78 is 1.92. The first-order valence-corrected chi connectivity index (χ1v) is 12.3. The van der Waals surface area contributed by atoms with E-state index in [0.717, 1.165) is 39.6 Å². The fourth-order valence-electron chi connectivity index (χ4n) is 5.09. The highest BCUT2D eigenvalue weighted by molar-refractivity contribution is 6.05. The first-order chi connectivity index (χ1) is 17.6. The average molecular weight is 478 g/mol. The van der Waals surface area contributed by atoms with E-state index in [2.05, 4.69) is 23.3 Å². The van der Waals surface area contributed by atoms with Gasteiger partial charge in [0.2, 0.25) is 11.9 Å². The molecule has 6 rings (SSSR count). The van der Waals surface area contributed by atoms with E-state index in [1.165, 1.54) is 5.56 Å². The number of aromatic amines is 1. The van der Waals surface area contributed by atoms with E-state index in [9.17, 15) is 9.59 Å². The fourth-order valence-corrected chi connectivity index (χ4v) is 5.09. The Morgan fingerprint density at radius 3 is 2.64 bits per heavy atom. The number of H-pyrrole nitrogens is 1. The molecule has 0 fully saturated rings. The predicted molar refractivity (Wildman–Crippen MR) is 142 cm³/mol. The minimum Gasteiger partial charge on any atom is -0.361 e. The van der Waals surface area contributed by atoms with Gasteiger partial charge in [0.25, 0.3) is 5.91 Å². The summed E-state index contributed by atoms with van der Waals surface area (Å²) in [6, 6.07) is 23.1. The number of carbonyl (C=O) groups is 2. The first kappa shape index (κ1) is 22.1. The molecule has 0 saturated carbocycles. The number of para-hydroxylation sites is 3. The van der Waals surface area contributed by atoms with Crippen LogP contribution in [0.1, 0.15) is 30.5 Å². The van der Waals surface area contributed by atoms with Gasteiger partial charge in [0.05, 0.1) is 17.5 Å². The van der Waals surface area contributed by atoms with E-state index >= 15 is 0 Å². The van der Waals surface area contributed by atoms with Crippen molar-refractivity contribution in [3.05, 3.63) is 90.1 Å². The number of carbonyl (C=O) groups excluding carboxylic acids is 2. The van der Waals surface area contributed by atoms with Gasteiger partial charge in [0.15, 0.2) is 0 Å². The Morgan fingerprint density at radius 1 is 1.03 bits per heavy atom. The number of hydrogen-bond acceptors (Lipinski definition) is 3. The molecule has 2 N–H and O–H groups in total. The number of hydrogen-bond donors (Lipinski definition) is 2. The topological polar surface area (TPSA) is 83.0 Å². The Labute approximate surface area is 208 Å². The number of imidazole rings is 1. The number of aromatic nitrogens is 3. The summed E-state index contributed by atoms with van der Waals surface area (Å²) in [6.07, 6.45) is 3.67. The van der Waals surface area contributed by atoms with Gasteiger partial charge >= 0.3 is 0 Å². The normalized spacial score (nSPS) is 15.1. The third-order valence-corrected chi connectivity index (χ3v) is 6.99. The van der Waals surface area contributed by atoms with Crippen molar-refractivity contribution in [3.8, 4) is 0 Å². The summed E-state index contributed by atoms with van der Waals surface area (Å²) >= 11 is 0. The van der Waals surface area contributed by atoms with Gasteiger partial charge in [-0.2, -0.15) is 0 Å². The third-order valence-electron chi connectivity index (χ3n) is 6.99. The SMILES string of the molecule is CCc1ccc(NC(=O)C[C@H]2C(=O)N(CCc3c[nH]c4ccccc34)c3nc4ccccc4n32)cc1. The van der Waals surface area contributed by atoms with Crippen LogP contribution in [-0.4, -0.2) is 32.9 Å². The highest BCUT2D eigenvalue weighted by Crippen LogP contribution is 2.37. The van der Waals surface area contributed by atoms with E-state index in [1.807, 2.05) is 77.5 Å². The molecule has 3 aromatic carbocycles. The fraction of sp³-hybridized carbons (Fsp3) is 0.207. The molecule has 0 radical (unpaired) electrons. The van der Waals surface area contributed by atoms with Crippen molar-refractivity contribution >= 4 is 45.4 Å². The maximum absolute atomic E-state index is 13.6. The standard InChI is InChI=1S/C29H27N5O2/c1-2-19-11-13-21(14-12-19)31-27(35)17-26-28(36)33(29-32-24-9-5-6-10-25(24)34(26)29)16-15-20-18-30-23-8-4-3-7-22(20)23/h3-14,18,26,30H,2,15-17H2,1H3,(H,31,35)/t26-/m0/s1. The third kappa shape index (κ3) is 3.82. The van der Waals surface area contributed by atoms with Gasteiger partial charge < -0.3 is 10.3 Å². The minimum absolute atomic E-state index is 0.0469. The minimum atomic E-state index is -0.634. The quantitative estimate of drug-likeness (QED) is 0.336. The monoisotopic (exact) mass is 477 g/mol. The smallest absolute Gasteiger partial charge is 0.253 e. The van der Waals surface area contributed by atoms with Gasteiger partial charge in [0.1, 0.15) is 6.04 Å². The largest absolute Gasteiger partial charge is 0.361 e. The molecule has 0 saturated heterocycles. The number of amides is 2. The van der Waals surface area contributed by atoms with Crippen LogP contribution in [0, 0.1) is 0 Å². The van der Waals surface area contributed by atoms with Gasteiger partial charge in [-0.15, -0.1) is 0 Å². The van der Waals surface area contributed by atoms with Crippen molar-refractivity contribution in [2.24, 2.45) is 0 Å². The Bertz CT molecular complexity index is 1580. The molecule has 0 aliphatic carbocycles.